The minimum atomic E-state index is 0.344. The summed E-state index contributed by atoms with van der Waals surface area (Å²) in [5.41, 5.74) is 0. The van der Waals surface area contributed by atoms with Crippen LogP contribution in [-0.2, 0) is 0 Å². The molecule has 0 heterocycles. The zero-order valence-corrected chi connectivity index (χ0v) is 8.49. The van der Waals surface area contributed by atoms with Crippen molar-refractivity contribution in [2.45, 2.75) is 33.1 Å². The van der Waals surface area contributed by atoms with Gasteiger partial charge in [-0.05, 0) is 30.3 Å². The molecule has 0 spiro atoms. The maximum Gasteiger partial charge on any atom is 0.0438 e. The van der Waals surface area contributed by atoms with Crippen molar-refractivity contribution in [3.63, 3.8) is 0 Å². The van der Waals surface area contributed by atoms with Gasteiger partial charge in [0.1, 0.15) is 0 Å². The SMILES string of the molecule is CC(C)CCCSCCCO. The second-order valence-corrected chi connectivity index (χ2v) is 4.45. The van der Waals surface area contributed by atoms with E-state index in [-0.39, 0.29) is 0 Å². The van der Waals surface area contributed by atoms with Crippen molar-refractivity contribution in [1.82, 2.24) is 0 Å². The van der Waals surface area contributed by atoms with E-state index < -0.39 is 0 Å². The summed E-state index contributed by atoms with van der Waals surface area (Å²) in [5.74, 6) is 3.22. The van der Waals surface area contributed by atoms with Crippen LogP contribution in [0.4, 0.5) is 0 Å². The smallest absolute Gasteiger partial charge is 0.0438 e. The van der Waals surface area contributed by atoms with Gasteiger partial charge < -0.3 is 5.11 Å². The molecule has 0 atom stereocenters. The molecule has 2 heteroatoms. The summed E-state index contributed by atoms with van der Waals surface area (Å²) in [5, 5.41) is 8.50. The molecule has 0 aliphatic rings. The number of rotatable bonds is 7. The van der Waals surface area contributed by atoms with Crippen LogP contribution in [0.15, 0.2) is 0 Å². The Hall–Kier alpha value is 0.310. The molecule has 0 bridgehead atoms. The second kappa shape index (κ2) is 8.41. The lowest BCUT2D eigenvalue weighted by atomic mass is 10.1. The topological polar surface area (TPSA) is 20.2 Å². The Morgan fingerprint density at radius 2 is 1.82 bits per heavy atom. The molecule has 0 rings (SSSR count). The van der Waals surface area contributed by atoms with E-state index in [2.05, 4.69) is 13.8 Å². The highest BCUT2D eigenvalue weighted by atomic mass is 32.2. The predicted octanol–water partition coefficient (Wildman–Crippen LogP) is 2.54. The Balaban J connectivity index is 2.80. The van der Waals surface area contributed by atoms with E-state index in [0.717, 1.165) is 18.1 Å². The molecule has 0 amide bonds. The summed E-state index contributed by atoms with van der Waals surface area (Å²) >= 11 is 1.96. The fourth-order valence-electron chi connectivity index (χ4n) is 0.862. The van der Waals surface area contributed by atoms with Crippen LogP contribution in [0.2, 0.25) is 0 Å². The summed E-state index contributed by atoms with van der Waals surface area (Å²) < 4.78 is 0. The molecule has 0 aliphatic carbocycles. The summed E-state index contributed by atoms with van der Waals surface area (Å²) in [6.07, 6.45) is 3.62. The zero-order chi connectivity index (χ0) is 8.53. The molecule has 68 valence electrons. The average molecular weight is 176 g/mol. The van der Waals surface area contributed by atoms with Gasteiger partial charge in [0.25, 0.3) is 0 Å². The van der Waals surface area contributed by atoms with Gasteiger partial charge in [-0.25, -0.2) is 0 Å². The fraction of sp³-hybridized carbons (Fsp3) is 1.00. The Labute approximate surface area is 74.6 Å². The summed E-state index contributed by atoms with van der Waals surface area (Å²) in [7, 11) is 0. The maximum absolute atomic E-state index is 8.50. The van der Waals surface area contributed by atoms with Crippen molar-refractivity contribution in [1.29, 1.82) is 0 Å². The van der Waals surface area contributed by atoms with Crippen molar-refractivity contribution in [2.75, 3.05) is 18.1 Å². The van der Waals surface area contributed by atoms with Gasteiger partial charge >= 0.3 is 0 Å². The first-order chi connectivity index (χ1) is 5.27. The molecule has 0 unspecified atom stereocenters. The van der Waals surface area contributed by atoms with Crippen LogP contribution in [0.5, 0.6) is 0 Å². The van der Waals surface area contributed by atoms with Crippen LogP contribution >= 0.6 is 11.8 Å². The third kappa shape index (κ3) is 10.3. The third-order valence-electron chi connectivity index (χ3n) is 1.52. The van der Waals surface area contributed by atoms with Crippen LogP contribution < -0.4 is 0 Å². The van der Waals surface area contributed by atoms with Gasteiger partial charge in [-0.15, -0.1) is 0 Å². The Kier molecular flexibility index (Phi) is 8.64. The Morgan fingerprint density at radius 1 is 1.18 bits per heavy atom. The van der Waals surface area contributed by atoms with Gasteiger partial charge in [-0.3, -0.25) is 0 Å². The molecule has 11 heavy (non-hydrogen) atoms. The first-order valence-corrected chi connectivity index (χ1v) is 5.61. The van der Waals surface area contributed by atoms with E-state index in [4.69, 9.17) is 5.11 Å². The fourth-order valence-corrected chi connectivity index (χ4v) is 1.77. The number of aliphatic hydroxyl groups excluding tert-OH is 1. The monoisotopic (exact) mass is 176 g/mol. The molecule has 0 radical (unpaired) electrons. The van der Waals surface area contributed by atoms with Gasteiger partial charge in [0.15, 0.2) is 0 Å². The van der Waals surface area contributed by atoms with Gasteiger partial charge in [-0.2, -0.15) is 11.8 Å². The summed E-state index contributed by atoms with van der Waals surface area (Å²) in [4.78, 5) is 0. The lowest BCUT2D eigenvalue weighted by Crippen LogP contribution is -1.91. The van der Waals surface area contributed by atoms with Crippen LogP contribution in [-0.4, -0.2) is 23.2 Å². The first-order valence-electron chi connectivity index (χ1n) is 4.46. The molecular weight excluding hydrogens is 156 g/mol. The predicted molar refractivity (Wildman–Crippen MR) is 53.1 cm³/mol. The van der Waals surface area contributed by atoms with Crippen molar-refractivity contribution in [2.24, 2.45) is 5.92 Å². The maximum atomic E-state index is 8.50. The number of hydrogen-bond acceptors (Lipinski definition) is 2. The normalized spacial score (nSPS) is 10.9. The Morgan fingerprint density at radius 3 is 2.36 bits per heavy atom. The molecule has 1 N–H and O–H groups in total. The lowest BCUT2D eigenvalue weighted by molar-refractivity contribution is 0.296. The molecule has 1 nitrogen and oxygen atoms in total. The quantitative estimate of drug-likeness (QED) is 0.602. The van der Waals surface area contributed by atoms with Gasteiger partial charge in [0.05, 0.1) is 0 Å². The number of hydrogen-bond donors (Lipinski definition) is 1. The van der Waals surface area contributed by atoms with Crippen LogP contribution in [0.25, 0.3) is 0 Å². The minimum absolute atomic E-state index is 0.344. The highest BCUT2D eigenvalue weighted by molar-refractivity contribution is 7.99. The average Bonchev–Trinajstić information content (AvgIpc) is 1.96. The summed E-state index contributed by atoms with van der Waals surface area (Å²) in [6, 6.07) is 0. The highest BCUT2D eigenvalue weighted by Gasteiger charge is 1.93. The first kappa shape index (κ1) is 11.3. The van der Waals surface area contributed by atoms with E-state index in [9.17, 15) is 0 Å². The van der Waals surface area contributed by atoms with Crippen molar-refractivity contribution >= 4 is 11.8 Å². The van der Waals surface area contributed by atoms with Gasteiger partial charge in [0.2, 0.25) is 0 Å². The van der Waals surface area contributed by atoms with E-state index in [1.165, 1.54) is 18.6 Å². The van der Waals surface area contributed by atoms with Crippen molar-refractivity contribution in [3.05, 3.63) is 0 Å². The minimum Gasteiger partial charge on any atom is -0.396 e. The number of aliphatic hydroxyl groups is 1. The molecule has 0 aromatic carbocycles. The molecule has 0 aromatic heterocycles. The van der Waals surface area contributed by atoms with Crippen molar-refractivity contribution < 1.29 is 5.11 Å². The molecule has 0 aromatic rings. The van der Waals surface area contributed by atoms with Crippen LogP contribution in [0.3, 0.4) is 0 Å². The van der Waals surface area contributed by atoms with E-state index in [1.54, 1.807) is 0 Å². The zero-order valence-electron chi connectivity index (χ0n) is 7.68. The summed E-state index contributed by atoms with van der Waals surface area (Å²) in [6.45, 7) is 4.87. The number of thioether (sulfide) groups is 1. The highest BCUT2D eigenvalue weighted by Crippen LogP contribution is 2.09. The lowest BCUT2D eigenvalue weighted by Gasteiger charge is -2.03. The molecule has 0 fully saturated rings. The molecule has 0 aliphatic heterocycles. The standard InChI is InChI=1S/C9H20OS/c1-9(2)5-3-7-11-8-4-6-10/h9-10H,3-8H2,1-2H3. The second-order valence-electron chi connectivity index (χ2n) is 3.23. The molecular formula is C9H20OS. The Bertz CT molecular complexity index is 74.0. The van der Waals surface area contributed by atoms with Gasteiger partial charge in [-0.1, -0.05) is 20.3 Å². The van der Waals surface area contributed by atoms with Crippen LogP contribution in [0, 0.1) is 5.92 Å². The largest absolute Gasteiger partial charge is 0.396 e. The van der Waals surface area contributed by atoms with E-state index in [0.29, 0.717) is 6.61 Å². The van der Waals surface area contributed by atoms with E-state index in [1.807, 2.05) is 11.8 Å². The molecule has 0 saturated heterocycles. The molecule has 0 saturated carbocycles. The van der Waals surface area contributed by atoms with Gasteiger partial charge in [0, 0.05) is 6.61 Å². The van der Waals surface area contributed by atoms with Crippen molar-refractivity contribution in [3.8, 4) is 0 Å². The van der Waals surface area contributed by atoms with E-state index >= 15 is 0 Å². The van der Waals surface area contributed by atoms with Crippen LogP contribution in [0.1, 0.15) is 33.1 Å². The third-order valence-corrected chi connectivity index (χ3v) is 2.67.